The quantitative estimate of drug-likeness (QED) is 0.854. The van der Waals surface area contributed by atoms with E-state index < -0.39 is 40.1 Å². The molecule has 0 aromatic heterocycles. The maximum Gasteiger partial charge on any atom is 0.418 e. The number of para-hydroxylation sites is 1. The fourth-order valence-corrected chi connectivity index (χ4v) is 4.00. The van der Waals surface area contributed by atoms with Gasteiger partial charge in [-0.1, -0.05) is 18.6 Å². The van der Waals surface area contributed by atoms with Crippen LogP contribution in [0.25, 0.3) is 0 Å². The van der Waals surface area contributed by atoms with E-state index in [0.717, 1.165) is 35.7 Å². The second-order valence-corrected chi connectivity index (χ2v) is 7.85. The number of anilines is 1. The van der Waals surface area contributed by atoms with Gasteiger partial charge in [0, 0.05) is 20.1 Å². The average molecular weight is 379 g/mol. The molecule has 10 heteroatoms. The molecule has 1 aliphatic rings. The van der Waals surface area contributed by atoms with Gasteiger partial charge >= 0.3 is 6.18 Å². The molecule has 25 heavy (non-hydrogen) atoms. The number of nitrogens with one attached hydrogen (secondary N) is 1. The highest BCUT2D eigenvalue weighted by Crippen LogP contribution is 2.34. The minimum Gasteiger partial charge on any atom is -0.324 e. The number of benzene rings is 1. The van der Waals surface area contributed by atoms with Crippen molar-refractivity contribution >= 4 is 21.8 Å². The number of hydrogen-bond acceptors (Lipinski definition) is 3. The van der Waals surface area contributed by atoms with Gasteiger partial charge in [0.05, 0.1) is 17.8 Å². The minimum atomic E-state index is -4.62. The van der Waals surface area contributed by atoms with Crippen LogP contribution in [-0.4, -0.2) is 49.6 Å². The van der Waals surface area contributed by atoms with Crippen LogP contribution in [-0.2, 0) is 21.2 Å². The largest absolute Gasteiger partial charge is 0.418 e. The molecule has 1 aromatic rings. The summed E-state index contributed by atoms with van der Waals surface area (Å²) in [5.74, 6) is -0.834. The summed E-state index contributed by atoms with van der Waals surface area (Å²) < 4.78 is 65.7. The molecule has 6 nitrogen and oxygen atoms in total. The first-order valence-corrected chi connectivity index (χ1v) is 9.19. The highest BCUT2D eigenvalue weighted by Gasteiger charge is 2.34. The summed E-state index contributed by atoms with van der Waals surface area (Å²) >= 11 is 0. The molecule has 1 aliphatic heterocycles. The van der Waals surface area contributed by atoms with Crippen LogP contribution in [0.1, 0.15) is 24.8 Å². The molecular formula is C15H20F3N3O3S. The van der Waals surface area contributed by atoms with Crippen molar-refractivity contribution in [3.8, 4) is 0 Å². The summed E-state index contributed by atoms with van der Waals surface area (Å²) in [4.78, 5) is 12.0. The van der Waals surface area contributed by atoms with Crippen LogP contribution in [0.15, 0.2) is 24.3 Å². The number of alkyl halides is 3. The van der Waals surface area contributed by atoms with Crippen molar-refractivity contribution in [1.29, 1.82) is 0 Å². The number of nitrogens with zero attached hydrogens (tertiary/aromatic N) is 2. The fraction of sp³-hybridized carbons (Fsp3) is 0.533. The molecule has 2 rings (SSSR count). The Morgan fingerprint density at radius 1 is 1.20 bits per heavy atom. The fourth-order valence-electron chi connectivity index (χ4n) is 2.61. The van der Waals surface area contributed by atoms with E-state index in [1.807, 2.05) is 0 Å². The summed E-state index contributed by atoms with van der Waals surface area (Å²) in [6.07, 6.45) is -2.17. The lowest BCUT2D eigenvalue weighted by Gasteiger charge is -2.29. The van der Waals surface area contributed by atoms with E-state index in [9.17, 15) is 26.4 Å². The first-order valence-electron chi connectivity index (χ1n) is 7.80. The standard InChI is InChI=1S/C15H20F3N3O3S/c1-20(25(23,24)21-9-5-2-6-10-21)11-14(22)19-13-8-4-3-7-12(13)15(16,17)18/h3-4,7-8H,2,5-6,9-11H2,1H3,(H,19,22). The molecule has 1 fully saturated rings. The number of carbonyl (C=O) groups excluding carboxylic acids is 1. The summed E-state index contributed by atoms with van der Waals surface area (Å²) in [6.45, 7) is 0.196. The Morgan fingerprint density at radius 2 is 1.80 bits per heavy atom. The molecule has 1 heterocycles. The average Bonchev–Trinajstić information content (AvgIpc) is 2.55. The molecule has 0 spiro atoms. The zero-order valence-corrected chi connectivity index (χ0v) is 14.5. The van der Waals surface area contributed by atoms with Crippen molar-refractivity contribution in [1.82, 2.24) is 8.61 Å². The second-order valence-electron chi connectivity index (χ2n) is 5.82. The lowest BCUT2D eigenvalue weighted by atomic mass is 10.1. The van der Waals surface area contributed by atoms with Gasteiger partial charge in [0.25, 0.3) is 10.2 Å². The molecule has 0 atom stereocenters. The molecule has 1 saturated heterocycles. The van der Waals surface area contributed by atoms with Gasteiger partial charge in [0.15, 0.2) is 0 Å². The van der Waals surface area contributed by atoms with Gasteiger partial charge in [-0.3, -0.25) is 4.79 Å². The van der Waals surface area contributed by atoms with Crippen LogP contribution in [0.2, 0.25) is 0 Å². The molecule has 140 valence electrons. The number of piperidine rings is 1. The van der Waals surface area contributed by atoms with Crippen LogP contribution in [0.4, 0.5) is 18.9 Å². The predicted molar refractivity (Wildman–Crippen MR) is 87.0 cm³/mol. The molecule has 1 N–H and O–H groups in total. The molecule has 0 saturated carbocycles. The van der Waals surface area contributed by atoms with E-state index in [-0.39, 0.29) is 0 Å². The molecule has 0 unspecified atom stereocenters. The third-order valence-electron chi connectivity index (χ3n) is 3.91. The van der Waals surface area contributed by atoms with Gasteiger partial charge in [-0.25, -0.2) is 0 Å². The summed E-state index contributed by atoms with van der Waals surface area (Å²) in [6, 6.07) is 4.55. The monoisotopic (exact) mass is 379 g/mol. The third kappa shape index (κ3) is 4.93. The van der Waals surface area contributed by atoms with E-state index in [1.54, 1.807) is 0 Å². The number of rotatable bonds is 5. The molecular weight excluding hydrogens is 359 g/mol. The summed E-state index contributed by atoms with van der Waals surface area (Å²) in [5, 5.41) is 2.14. The lowest BCUT2D eigenvalue weighted by molar-refractivity contribution is -0.137. The van der Waals surface area contributed by atoms with Gasteiger partial charge in [-0.2, -0.15) is 30.2 Å². The SMILES string of the molecule is CN(CC(=O)Nc1ccccc1C(F)(F)F)S(=O)(=O)N1CCCCC1. The van der Waals surface area contributed by atoms with E-state index in [4.69, 9.17) is 0 Å². The van der Waals surface area contributed by atoms with Crippen molar-refractivity contribution in [2.24, 2.45) is 0 Å². The third-order valence-corrected chi connectivity index (χ3v) is 5.84. The zero-order chi connectivity index (χ0) is 18.7. The Kier molecular flexibility index (Phi) is 6.07. The Morgan fingerprint density at radius 3 is 2.40 bits per heavy atom. The number of likely N-dealkylation sites (N-methyl/N-ethyl adjacent to an activating group) is 1. The Bertz CT molecular complexity index is 716. The minimum absolute atomic E-state index is 0.380. The van der Waals surface area contributed by atoms with Crippen molar-refractivity contribution in [3.05, 3.63) is 29.8 Å². The topological polar surface area (TPSA) is 69.7 Å². The van der Waals surface area contributed by atoms with E-state index in [2.05, 4.69) is 5.32 Å². The number of halogens is 3. The predicted octanol–water partition coefficient (Wildman–Crippen LogP) is 2.31. The highest BCUT2D eigenvalue weighted by atomic mass is 32.2. The van der Waals surface area contributed by atoms with Crippen LogP contribution < -0.4 is 5.32 Å². The van der Waals surface area contributed by atoms with Crippen molar-refractivity contribution in [2.75, 3.05) is 32.0 Å². The zero-order valence-electron chi connectivity index (χ0n) is 13.7. The smallest absolute Gasteiger partial charge is 0.324 e. The maximum atomic E-state index is 12.9. The maximum absolute atomic E-state index is 12.9. The van der Waals surface area contributed by atoms with Gasteiger partial charge in [0.2, 0.25) is 5.91 Å². The number of carbonyl (C=O) groups is 1. The van der Waals surface area contributed by atoms with E-state index in [0.29, 0.717) is 13.1 Å². The van der Waals surface area contributed by atoms with Crippen LogP contribution in [0.3, 0.4) is 0 Å². The number of amides is 1. The van der Waals surface area contributed by atoms with Crippen LogP contribution in [0, 0.1) is 0 Å². The lowest BCUT2D eigenvalue weighted by Crippen LogP contribution is -2.46. The molecule has 0 aliphatic carbocycles. The molecule has 0 bridgehead atoms. The van der Waals surface area contributed by atoms with Gasteiger partial charge in [-0.15, -0.1) is 0 Å². The highest BCUT2D eigenvalue weighted by molar-refractivity contribution is 7.86. The van der Waals surface area contributed by atoms with Crippen molar-refractivity contribution in [2.45, 2.75) is 25.4 Å². The van der Waals surface area contributed by atoms with Crippen molar-refractivity contribution < 1.29 is 26.4 Å². The first-order chi connectivity index (χ1) is 11.6. The molecule has 1 amide bonds. The summed E-state index contributed by atoms with van der Waals surface area (Å²) in [7, 11) is -2.57. The van der Waals surface area contributed by atoms with E-state index >= 15 is 0 Å². The van der Waals surface area contributed by atoms with Gasteiger partial charge in [-0.05, 0) is 25.0 Å². The van der Waals surface area contributed by atoms with Crippen LogP contribution in [0.5, 0.6) is 0 Å². The van der Waals surface area contributed by atoms with E-state index in [1.165, 1.54) is 23.5 Å². The van der Waals surface area contributed by atoms with Gasteiger partial charge in [0.1, 0.15) is 0 Å². The molecule has 1 aromatic carbocycles. The molecule has 0 radical (unpaired) electrons. The Labute approximate surface area is 144 Å². The second kappa shape index (κ2) is 7.71. The normalized spacial score (nSPS) is 16.8. The first kappa shape index (κ1) is 19.7. The Balaban J connectivity index is 2.05. The van der Waals surface area contributed by atoms with Crippen LogP contribution >= 0.6 is 0 Å². The van der Waals surface area contributed by atoms with Gasteiger partial charge < -0.3 is 5.32 Å². The summed E-state index contributed by atoms with van der Waals surface area (Å²) in [5.41, 5.74) is -1.38. The number of hydrogen-bond donors (Lipinski definition) is 1. The Hall–Kier alpha value is -1.65. The van der Waals surface area contributed by atoms with Crippen molar-refractivity contribution in [3.63, 3.8) is 0 Å².